The van der Waals surface area contributed by atoms with Gasteiger partial charge in [-0.25, -0.2) is 4.98 Å². The summed E-state index contributed by atoms with van der Waals surface area (Å²) in [6.07, 6.45) is 0. The molecular formula is C18H18N4O3. The smallest absolute Gasteiger partial charge is 0.290 e. The van der Waals surface area contributed by atoms with Crippen LogP contribution in [0.15, 0.2) is 48.5 Å². The average Bonchev–Trinajstić information content (AvgIpc) is 2.67. The molecule has 2 aromatic carbocycles. The summed E-state index contributed by atoms with van der Waals surface area (Å²) in [5.74, 6) is 1.69. The monoisotopic (exact) mass is 338 g/mol. The van der Waals surface area contributed by atoms with E-state index in [1.807, 2.05) is 24.3 Å². The Morgan fingerprint density at radius 1 is 0.880 bits per heavy atom. The minimum absolute atomic E-state index is 0.248. The molecule has 0 unspecified atom stereocenters. The van der Waals surface area contributed by atoms with Gasteiger partial charge in [0.15, 0.2) is 5.69 Å². The van der Waals surface area contributed by atoms with Gasteiger partial charge in [0.25, 0.3) is 11.6 Å². The second kappa shape index (κ2) is 7.04. The minimum Gasteiger partial charge on any atom is -0.594 e. The highest BCUT2D eigenvalue weighted by atomic mass is 16.5. The molecule has 0 aliphatic heterocycles. The zero-order valence-electron chi connectivity index (χ0n) is 14.2. The molecule has 1 N–H and O–H groups in total. The molecule has 1 heterocycles. The van der Waals surface area contributed by atoms with Crippen LogP contribution in [-0.2, 0) is 0 Å². The number of benzene rings is 2. The number of nitrogens with zero attached hydrogens (tertiary/aromatic N) is 3. The van der Waals surface area contributed by atoms with Gasteiger partial charge in [-0.15, -0.1) is 0 Å². The normalized spacial score (nSPS) is 10.4. The van der Waals surface area contributed by atoms with Crippen LogP contribution in [-0.4, -0.2) is 31.3 Å². The maximum absolute atomic E-state index is 12.5. The zero-order chi connectivity index (χ0) is 17.8. The van der Waals surface area contributed by atoms with Crippen LogP contribution in [0.5, 0.6) is 11.5 Å². The van der Waals surface area contributed by atoms with Gasteiger partial charge in [0.1, 0.15) is 11.5 Å². The number of anilines is 1. The number of hydrogen-bond acceptors (Lipinski definition) is 6. The Kier molecular flexibility index (Phi) is 4.65. The third-order valence-electron chi connectivity index (χ3n) is 3.77. The lowest BCUT2D eigenvalue weighted by Gasteiger charge is -2.10. The quantitative estimate of drug-likeness (QED) is 0.568. The molecule has 1 aromatic heterocycles. The molecule has 0 saturated carbocycles. The molecule has 128 valence electrons. The summed E-state index contributed by atoms with van der Waals surface area (Å²) in [7, 11) is 4.86. The second-order valence-electron chi connectivity index (χ2n) is 5.21. The van der Waals surface area contributed by atoms with E-state index < -0.39 is 0 Å². The van der Waals surface area contributed by atoms with Crippen LogP contribution in [0.1, 0.15) is 0 Å². The van der Waals surface area contributed by atoms with Gasteiger partial charge in [0.2, 0.25) is 0 Å². The fraction of sp³-hybridized carbons (Fsp3) is 0.167. The van der Waals surface area contributed by atoms with Gasteiger partial charge in [-0.05, 0) is 53.4 Å². The third kappa shape index (κ3) is 3.30. The first-order valence-corrected chi connectivity index (χ1v) is 7.64. The van der Waals surface area contributed by atoms with Gasteiger partial charge in [-0.1, -0.05) is 0 Å². The summed E-state index contributed by atoms with van der Waals surface area (Å²) in [6.45, 7) is 0. The van der Waals surface area contributed by atoms with E-state index in [2.05, 4.69) is 15.4 Å². The Morgan fingerprint density at radius 3 is 1.88 bits per heavy atom. The average molecular weight is 338 g/mol. The molecule has 3 rings (SSSR count). The number of rotatable bonds is 5. The van der Waals surface area contributed by atoms with E-state index in [0.29, 0.717) is 27.5 Å². The molecule has 25 heavy (non-hydrogen) atoms. The minimum atomic E-state index is 0.248. The Bertz CT molecular complexity index is 865. The molecule has 0 bridgehead atoms. The maximum Gasteiger partial charge on any atom is 0.290 e. The van der Waals surface area contributed by atoms with Crippen molar-refractivity contribution in [3.05, 3.63) is 53.7 Å². The molecule has 0 spiro atoms. The summed E-state index contributed by atoms with van der Waals surface area (Å²) < 4.78 is 10.4. The van der Waals surface area contributed by atoms with E-state index in [1.165, 1.54) is 0 Å². The van der Waals surface area contributed by atoms with Crippen LogP contribution >= 0.6 is 0 Å². The van der Waals surface area contributed by atoms with Crippen molar-refractivity contribution in [1.29, 1.82) is 0 Å². The number of hydrogen-bond donors (Lipinski definition) is 1. The van der Waals surface area contributed by atoms with E-state index in [-0.39, 0.29) is 5.95 Å². The van der Waals surface area contributed by atoms with Crippen LogP contribution in [0, 0.1) is 5.21 Å². The van der Waals surface area contributed by atoms with Gasteiger partial charge in [0.05, 0.1) is 24.9 Å². The molecule has 0 radical (unpaired) electrons. The number of nitrogens with one attached hydrogen (secondary N) is 1. The summed E-state index contributed by atoms with van der Waals surface area (Å²) in [6, 6.07) is 14.5. The third-order valence-corrected chi connectivity index (χ3v) is 3.77. The summed E-state index contributed by atoms with van der Waals surface area (Å²) in [4.78, 5) is 5.07. The molecule has 7 nitrogen and oxygen atoms in total. The number of methoxy groups -OCH3 is 2. The molecule has 3 aromatic rings. The molecule has 7 heteroatoms. The SMILES string of the molecule is CNc1nc(-c2ccc(OC)cc2)c(-c2ccc(OC)cc2)[n+]([O-])n1. The molecule has 0 saturated heterocycles. The Morgan fingerprint density at radius 2 is 1.40 bits per heavy atom. The van der Waals surface area contributed by atoms with Crippen molar-refractivity contribution in [2.24, 2.45) is 0 Å². The largest absolute Gasteiger partial charge is 0.594 e. The van der Waals surface area contributed by atoms with Crippen LogP contribution in [0.2, 0.25) is 0 Å². The van der Waals surface area contributed by atoms with Crippen LogP contribution in [0.3, 0.4) is 0 Å². The first-order valence-electron chi connectivity index (χ1n) is 7.64. The lowest BCUT2D eigenvalue weighted by Crippen LogP contribution is -2.36. The van der Waals surface area contributed by atoms with E-state index in [1.54, 1.807) is 45.5 Å². The van der Waals surface area contributed by atoms with Crippen LogP contribution in [0.25, 0.3) is 22.5 Å². The van der Waals surface area contributed by atoms with Crippen molar-refractivity contribution in [3.63, 3.8) is 0 Å². The standard InChI is InChI=1S/C18H18N4O3/c1-19-18-20-16(12-4-8-14(24-2)9-5-12)17(22(23)21-18)13-6-10-15(25-3)11-7-13/h4-11H,1-3H3,(H,19,20,21). The van der Waals surface area contributed by atoms with Crippen LogP contribution < -0.4 is 19.6 Å². The van der Waals surface area contributed by atoms with Gasteiger partial charge in [0, 0.05) is 12.6 Å². The Labute approximate surface area is 145 Å². The van der Waals surface area contributed by atoms with E-state index in [0.717, 1.165) is 11.3 Å². The molecule has 0 aliphatic rings. The predicted octanol–water partition coefficient (Wildman–Crippen LogP) is 2.50. The molecular weight excluding hydrogens is 320 g/mol. The first-order chi connectivity index (χ1) is 12.2. The molecule has 0 amide bonds. The lowest BCUT2D eigenvalue weighted by atomic mass is 10.0. The van der Waals surface area contributed by atoms with Crippen molar-refractivity contribution in [3.8, 4) is 34.0 Å². The summed E-state index contributed by atoms with van der Waals surface area (Å²) in [5.41, 5.74) is 2.38. The van der Waals surface area contributed by atoms with E-state index >= 15 is 0 Å². The van der Waals surface area contributed by atoms with E-state index in [4.69, 9.17) is 9.47 Å². The summed E-state index contributed by atoms with van der Waals surface area (Å²) in [5, 5.41) is 19.3. The van der Waals surface area contributed by atoms with E-state index in [9.17, 15) is 5.21 Å². The fourth-order valence-electron chi connectivity index (χ4n) is 2.46. The van der Waals surface area contributed by atoms with Crippen molar-refractivity contribution >= 4 is 5.95 Å². The van der Waals surface area contributed by atoms with Crippen LogP contribution in [0.4, 0.5) is 5.95 Å². The van der Waals surface area contributed by atoms with Gasteiger partial charge in [-0.3, -0.25) is 0 Å². The van der Waals surface area contributed by atoms with Crippen molar-refractivity contribution < 1.29 is 14.3 Å². The molecule has 0 fully saturated rings. The second-order valence-corrected chi connectivity index (χ2v) is 5.21. The van der Waals surface area contributed by atoms with Crippen molar-refractivity contribution in [2.75, 3.05) is 26.6 Å². The highest BCUT2D eigenvalue weighted by Crippen LogP contribution is 2.30. The molecule has 0 atom stereocenters. The van der Waals surface area contributed by atoms with Crippen molar-refractivity contribution in [1.82, 2.24) is 10.1 Å². The highest BCUT2D eigenvalue weighted by Gasteiger charge is 2.22. The van der Waals surface area contributed by atoms with Gasteiger partial charge < -0.3 is 20.0 Å². The van der Waals surface area contributed by atoms with Gasteiger partial charge >= 0.3 is 0 Å². The number of ether oxygens (including phenoxy) is 2. The highest BCUT2D eigenvalue weighted by molar-refractivity contribution is 5.76. The Balaban J connectivity index is 2.18. The van der Waals surface area contributed by atoms with Gasteiger partial charge in [-0.2, -0.15) is 0 Å². The topological polar surface area (TPSA) is 83.2 Å². The van der Waals surface area contributed by atoms with Crippen molar-refractivity contribution in [2.45, 2.75) is 0 Å². The first kappa shape index (κ1) is 16.5. The Hall–Kier alpha value is -3.35. The number of aromatic nitrogens is 3. The maximum atomic E-state index is 12.5. The fourth-order valence-corrected chi connectivity index (χ4v) is 2.46. The predicted molar refractivity (Wildman–Crippen MR) is 94.5 cm³/mol. The zero-order valence-corrected chi connectivity index (χ0v) is 14.2. The molecule has 0 aliphatic carbocycles. The summed E-state index contributed by atoms with van der Waals surface area (Å²) >= 11 is 0. The lowest BCUT2D eigenvalue weighted by molar-refractivity contribution is -0.656.